The molecule has 1 heterocycles. The number of ether oxygens (including phenoxy) is 2. The van der Waals surface area contributed by atoms with Crippen molar-refractivity contribution in [1.82, 2.24) is 10.5 Å². The summed E-state index contributed by atoms with van der Waals surface area (Å²) in [5.41, 5.74) is 5.03. The molecule has 2 N–H and O–H groups in total. The number of nitrogens with zero attached hydrogens (tertiary/aromatic N) is 1. The molecule has 1 aliphatic rings. The molecule has 1 aliphatic carbocycles. The molecule has 182 valence electrons. The molecule has 1 fully saturated rings. The Morgan fingerprint density at radius 3 is 2.47 bits per heavy atom. The van der Waals surface area contributed by atoms with Crippen molar-refractivity contribution in [2.75, 3.05) is 6.61 Å². The van der Waals surface area contributed by atoms with Gasteiger partial charge < -0.3 is 9.47 Å². The van der Waals surface area contributed by atoms with Gasteiger partial charge in [-0.05, 0) is 43.2 Å². The number of carbonyl (C=O) groups is 2. The number of fused-ring (bicyclic) bond motifs is 1. The summed E-state index contributed by atoms with van der Waals surface area (Å²) in [5, 5.41) is 10.1. The van der Waals surface area contributed by atoms with Crippen LogP contribution in [-0.4, -0.2) is 28.7 Å². The number of amides is 1. The minimum absolute atomic E-state index is 0.208. The van der Waals surface area contributed by atoms with E-state index in [0.29, 0.717) is 17.9 Å². The van der Waals surface area contributed by atoms with Gasteiger partial charge in [-0.1, -0.05) is 60.7 Å². The number of benzene rings is 3. The summed E-state index contributed by atoms with van der Waals surface area (Å²) in [6.07, 6.45) is 0.281. The zero-order valence-electron chi connectivity index (χ0n) is 19.8. The molecule has 1 aromatic heterocycles. The molecule has 0 aliphatic heterocycles. The van der Waals surface area contributed by atoms with Crippen LogP contribution >= 0.6 is 0 Å². The molecule has 2 atom stereocenters. The summed E-state index contributed by atoms with van der Waals surface area (Å²) in [6.45, 7) is 2.26. The highest BCUT2D eigenvalue weighted by Gasteiger charge is 2.65. The second-order valence-corrected chi connectivity index (χ2v) is 8.79. The van der Waals surface area contributed by atoms with Gasteiger partial charge in [0.25, 0.3) is 0 Å². The van der Waals surface area contributed by atoms with Crippen LogP contribution in [0.2, 0.25) is 0 Å². The standard InChI is InChI=1S/C29H26N2O5/c1-2-35-28(33)29(17-24(29)27(32)31-34)21-12-14-22(15-13-21)36-18-20-16-26(19-8-4-3-5-9-19)30-25-11-7-6-10-23(20)25/h3-16,24,34H,2,17-18H2,1H3,(H,31,32)/t24-,29-/m1/s1. The van der Waals surface area contributed by atoms with Crippen molar-refractivity contribution in [2.45, 2.75) is 25.4 Å². The monoisotopic (exact) mass is 482 g/mol. The lowest BCUT2D eigenvalue weighted by molar-refractivity contribution is -0.148. The van der Waals surface area contributed by atoms with Crippen molar-refractivity contribution in [2.24, 2.45) is 5.92 Å². The summed E-state index contributed by atoms with van der Waals surface area (Å²) in [7, 11) is 0. The van der Waals surface area contributed by atoms with E-state index >= 15 is 0 Å². The molecular weight excluding hydrogens is 456 g/mol. The van der Waals surface area contributed by atoms with Gasteiger partial charge >= 0.3 is 5.97 Å². The Morgan fingerprint density at radius 2 is 1.75 bits per heavy atom. The van der Waals surface area contributed by atoms with Crippen LogP contribution in [0, 0.1) is 5.92 Å². The van der Waals surface area contributed by atoms with E-state index in [4.69, 9.17) is 19.7 Å². The first-order valence-corrected chi connectivity index (χ1v) is 11.9. The van der Waals surface area contributed by atoms with Crippen molar-refractivity contribution in [3.8, 4) is 17.0 Å². The van der Waals surface area contributed by atoms with E-state index < -0.39 is 23.2 Å². The Bertz CT molecular complexity index is 1400. The average Bonchev–Trinajstić information content (AvgIpc) is 3.69. The van der Waals surface area contributed by atoms with Crippen LogP contribution in [-0.2, 0) is 26.3 Å². The van der Waals surface area contributed by atoms with Crippen molar-refractivity contribution >= 4 is 22.8 Å². The predicted molar refractivity (Wildman–Crippen MR) is 134 cm³/mol. The topological polar surface area (TPSA) is 97.8 Å². The molecule has 5 rings (SSSR count). The number of para-hydroxylation sites is 1. The molecule has 0 radical (unpaired) electrons. The molecule has 3 aromatic carbocycles. The summed E-state index contributed by atoms with van der Waals surface area (Å²) < 4.78 is 11.4. The van der Waals surface area contributed by atoms with Gasteiger partial charge in [0.1, 0.15) is 17.8 Å². The van der Waals surface area contributed by atoms with Crippen molar-refractivity contribution < 1.29 is 24.3 Å². The lowest BCUT2D eigenvalue weighted by Gasteiger charge is -2.17. The number of carbonyl (C=O) groups excluding carboxylic acids is 2. The van der Waals surface area contributed by atoms with Gasteiger partial charge in [-0.15, -0.1) is 0 Å². The first-order chi connectivity index (χ1) is 17.6. The molecule has 0 saturated heterocycles. The van der Waals surface area contributed by atoms with Gasteiger partial charge in [-0.2, -0.15) is 0 Å². The highest BCUT2D eigenvalue weighted by atomic mass is 16.5. The van der Waals surface area contributed by atoms with E-state index in [1.807, 2.05) is 60.7 Å². The smallest absolute Gasteiger partial charge is 0.317 e. The molecule has 0 spiro atoms. The molecule has 4 aromatic rings. The summed E-state index contributed by atoms with van der Waals surface area (Å²) in [4.78, 5) is 29.6. The van der Waals surface area contributed by atoms with E-state index in [9.17, 15) is 9.59 Å². The lowest BCUT2D eigenvalue weighted by Crippen LogP contribution is -2.32. The minimum atomic E-state index is -1.09. The maximum absolute atomic E-state index is 12.7. The molecule has 7 heteroatoms. The van der Waals surface area contributed by atoms with Gasteiger partial charge in [-0.25, -0.2) is 10.5 Å². The maximum atomic E-state index is 12.7. The zero-order chi connectivity index (χ0) is 25.1. The first kappa shape index (κ1) is 23.5. The van der Waals surface area contributed by atoms with E-state index in [-0.39, 0.29) is 13.0 Å². The second kappa shape index (κ2) is 9.79. The number of hydrogen-bond acceptors (Lipinski definition) is 6. The average molecular weight is 483 g/mol. The number of hydroxylamine groups is 1. The largest absolute Gasteiger partial charge is 0.489 e. The van der Waals surface area contributed by atoms with Crippen molar-refractivity contribution in [3.05, 3.63) is 96.1 Å². The Labute approximate surface area is 208 Å². The van der Waals surface area contributed by atoms with Gasteiger partial charge in [0.05, 0.1) is 23.7 Å². The van der Waals surface area contributed by atoms with Crippen LogP contribution in [0.25, 0.3) is 22.2 Å². The molecule has 1 amide bonds. The Balaban J connectivity index is 1.39. The van der Waals surface area contributed by atoms with Crippen LogP contribution in [0.5, 0.6) is 5.75 Å². The van der Waals surface area contributed by atoms with E-state index in [1.165, 1.54) is 0 Å². The third kappa shape index (κ3) is 4.29. The molecule has 1 saturated carbocycles. The Morgan fingerprint density at radius 1 is 1.03 bits per heavy atom. The summed E-state index contributed by atoms with van der Waals surface area (Å²) in [6, 6.07) is 27.1. The number of esters is 1. The summed E-state index contributed by atoms with van der Waals surface area (Å²) in [5.74, 6) is -1.11. The number of hydrogen-bond donors (Lipinski definition) is 2. The van der Waals surface area contributed by atoms with Crippen molar-refractivity contribution in [3.63, 3.8) is 0 Å². The zero-order valence-corrected chi connectivity index (χ0v) is 19.8. The molecular formula is C29H26N2O5. The number of nitrogens with one attached hydrogen (secondary N) is 1. The van der Waals surface area contributed by atoms with Crippen LogP contribution < -0.4 is 10.2 Å². The summed E-state index contributed by atoms with van der Waals surface area (Å²) >= 11 is 0. The fourth-order valence-electron chi connectivity index (χ4n) is 4.71. The highest BCUT2D eigenvalue weighted by Crippen LogP contribution is 2.55. The fourth-order valence-corrected chi connectivity index (χ4v) is 4.71. The van der Waals surface area contributed by atoms with Gasteiger partial charge in [0, 0.05) is 16.5 Å². The van der Waals surface area contributed by atoms with E-state index in [2.05, 4.69) is 0 Å². The third-order valence-corrected chi connectivity index (χ3v) is 6.66. The van der Waals surface area contributed by atoms with Crippen LogP contribution in [0.1, 0.15) is 24.5 Å². The predicted octanol–water partition coefficient (Wildman–Crippen LogP) is 4.81. The van der Waals surface area contributed by atoms with Crippen LogP contribution in [0.15, 0.2) is 84.9 Å². The highest BCUT2D eigenvalue weighted by molar-refractivity contribution is 5.98. The Kier molecular flexibility index (Phi) is 6.40. The Hall–Kier alpha value is -4.23. The molecule has 7 nitrogen and oxygen atoms in total. The lowest BCUT2D eigenvalue weighted by atomic mass is 9.93. The fraction of sp³-hybridized carbons (Fsp3) is 0.207. The third-order valence-electron chi connectivity index (χ3n) is 6.66. The first-order valence-electron chi connectivity index (χ1n) is 11.9. The molecule has 0 unspecified atom stereocenters. The maximum Gasteiger partial charge on any atom is 0.317 e. The minimum Gasteiger partial charge on any atom is -0.489 e. The number of rotatable bonds is 8. The number of pyridine rings is 1. The normalized spacial score (nSPS) is 18.4. The second-order valence-electron chi connectivity index (χ2n) is 8.79. The quantitative estimate of drug-likeness (QED) is 0.213. The van der Waals surface area contributed by atoms with Gasteiger partial charge in [0.15, 0.2) is 0 Å². The van der Waals surface area contributed by atoms with Gasteiger partial charge in [0.2, 0.25) is 5.91 Å². The van der Waals surface area contributed by atoms with E-state index in [1.54, 1.807) is 36.7 Å². The number of aromatic nitrogens is 1. The molecule has 0 bridgehead atoms. The SMILES string of the molecule is CCOC(=O)[C@@]1(c2ccc(OCc3cc(-c4ccccc4)nc4ccccc34)cc2)C[C@@H]1C(=O)NO. The van der Waals surface area contributed by atoms with Crippen LogP contribution in [0.3, 0.4) is 0 Å². The van der Waals surface area contributed by atoms with Crippen molar-refractivity contribution in [1.29, 1.82) is 0 Å². The molecule has 36 heavy (non-hydrogen) atoms. The van der Waals surface area contributed by atoms with E-state index in [0.717, 1.165) is 27.7 Å². The van der Waals surface area contributed by atoms with Crippen LogP contribution in [0.4, 0.5) is 0 Å². The van der Waals surface area contributed by atoms with Gasteiger partial charge in [-0.3, -0.25) is 14.8 Å².